The van der Waals surface area contributed by atoms with E-state index in [1.807, 2.05) is 47.3 Å². The van der Waals surface area contributed by atoms with Gasteiger partial charge in [-0.1, -0.05) is 48.5 Å². The van der Waals surface area contributed by atoms with Crippen LogP contribution >= 0.6 is 12.4 Å². The molecule has 0 aliphatic rings. The van der Waals surface area contributed by atoms with Crippen molar-refractivity contribution in [1.29, 1.82) is 0 Å². The van der Waals surface area contributed by atoms with E-state index >= 15 is 0 Å². The van der Waals surface area contributed by atoms with Crippen LogP contribution in [0.3, 0.4) is 0 Å². The van der Waals surface area contributed by atoms with Gasteiger partial charge in [0.15, 0.2) is 9.84 Å². The van der Waals surface area contributed by atoms with Crippen LogP contribution in [0.1, 0.15) is 11.1 Å². The van der Waals surface area contributed by atoms with E-state index in [0.29, 0.717) is 24.5 Å². The second-order valence-electron chi connectivity index (χ2n) is 7.24. The molecule has 0 aliphatic heterocycles. The summed E-state index contributed by atoms with van der Waals surface area (Å²) in [6.45, 7) is 1.54. The summed E-state index contributed by atoms with van der Waals surface area (Å²) < 4.78 is 26.9. The standard InChI is InChI=1S/C24H24N4O2S.ClH/c29-31(30,23-11-5-2-6-12-23)15-14-26-17-22-19-28(18-20-8-3-1-4-9-20)27-24(22)21-10-7-13-25-16-21;/h1-13,16,19,26H,14-15,17-18H2;1H. The lowest BCUT2D eigenvalue weighted by Gasteiger charge is -2.07. The lowest BCUT2D eigenvalue weighted by Crippen LogP contribution is -2.22. The Morgan fingerprint density at radius 3 is 2.31 bits per heavy atom. The predicted octanol–water partition coefficient (Wildman–Crippen LogP) is 3.98. The molecular weight excluding hydrogens is 444 g/mol. The first-order chi connectivity index (χ1) is 15.1. The lowest BCUT2D eigenvalue weighted by molar-refractivity contribution is 0.590. The Balaban J connectivity index is 0.00000289. The fourth-order valence-corrected chi connectivity index (χ4v) is 4.59. The fraction of sp³-hybridized carbons (Fsp3) is 0.167. The number of pyridine rings is 1. The van der Waals surface area contributed by atoms with Gasteiger partial charge in [0, 0.05) is 42.8 Å². The molecule has 1 N–H and O–H groups in total. The number of nitrogens with one attached hydrogen (secondary N) is 1. The first kappa shape index (κ1) is 23.7. The zero-order chi connectivity index (χ0) is 21.5. The number of aromatic nitrogens is 3. The molecule has 0 amide bonds. The highest BCUT2D eigenvalue weighted by atomic mass is 35.5. The average Bonchev–Trinajstić information content (AvgIpc) is 3.21. The molecule has 0 spiro atoms. The van der Waals surface area contributed by atoms with Gasteiger partial charge in [-0.25, -0.2) is 8.42 Å². The molecule has 166 valence electrons. The minimum Gasteiger partial charge on any atom is -0.312 e. The van der Waals surface area contributed by atoms with E-state index in [-0.39, 0.29) is 18.2 Å². The summed E-state index contributed by atoms with van der Waals surface area (Å²) in [5.74, 6) is 0.0391. The van der Waals surface area contributed by atoms with E-state index in [9.17, 15) is 8.42 Å². The summed E-state index contributed by atoms with van der Waals surface area (Å²) in [5, 5.41) is 8.03. The number of benzene rings is 2. The van der Waals surface area contributed by atoms with E-state index in [4.69, 9.17) is 5.10 Å². The highest BCUT2D eigenvalue weighted by molar-refractivity contribution is 7.91. The highest BCUT2D eigenvalue weighted by Gasteiger charge is 2.15. The summed E-state index contributed by atoms with van der Waals surface area (Å²) >= 11 is 0. The largest absolute Gasteiger partial charge is 0.312 e. The Hall–Kier alpha value is -3.00. The Labute approximate surface area is 194 Å². The molecule has 6 nitrogen and oxygen atoms in total. The highest BCUT2D eigenvalue weighted by Crippen LogP contribution is 2.21. The first-order valence-corrected chi connectivity index (χ1v) is 11.8. The van der Waals surface area contributed by atoms with Crippen LogP contribution in [-0.4, -0.2) is 35.5 Å². The average molecular weight is 469 g/mol. The molecule has 0 bridgehead atoms. The molecular formula is C24H25ClN4O2S. The molecule has 0 saturated heterocycles. The number of halogens is 1. The molecule has 2 aromatic heterocycles. The van der Waals surface area contributed by atoms with Gasteiger partial charge < -0.3 is 5.32 Å². The van der Waals surface area contributed by atoms with Crippen molar-refractivity contribution in [2.75, 3.05) is 12.3 Å². The van der Waals surface area contributed by atoms with Crippen molar-refractivity contribution in [2.24, 2.45) is 0 Å². The van der Waals surface area contributed by atoms with Crippen LogP contribution in [0.15, 0.2) is 96.3 Å². The topological polar surface area (TPSA) is 76.9 Å². The minimum absolute atomic E-state index is 0. The maximum atomic E-state index is 12.5. The van der Waals surface area contributed by atoms with E-state index < -0.39 is 9.84 Å². The number of nitrogens with zero attached hydrogens (tertiary/aromatic N) is 3. The van der Waals surface area contributed by atoms with Crippen LogP contribution in [0.4, 0.5) is 0 Å². The van der Waals surface area contributed by atoms with Crippen molar-refractivity contribution < 1.29 is 8.42 Å². The third kappa shape index (κ3) is 6.03. The maximum Gasteiger partial charge on any atom is 0.179 e. The van der Waals surface area contributed by atoms with Gasteiger partial charge in [-0.05, 0) is 29.8 Å². The van der Waals surface area contributed by atoms with Crippen LogP contribution in [-0.2, 0) is 22.9 Å². The second-order valence-corrected chi connectivity index (χ2v) is 9.35. The van der Waals surface area contributed by atoms with Crippen molar-refractivity contribution in [3.05, 3.63) is 103 Å². The van der Waals surface area contributed by atoms with Gasteiger partial charge in [-0.3, -0.25) is 9.67 Å². The third-order valence-corrected chi connectivity index (χ3v) is 6.66. The van der Waals surface area contributed by atoms with Gasteiger partial charge in [0.2, 0.25) is 0 Å². The minimum atomic E-state index is -3.31. The number of hydrogen-bond donors (Lipinski definition) is 1. The van der Waals surface area contributed by atoms with Crippen molar-refractivity contribution in [2.45, 2.75) is 18.0 Å². The van der Waals surface area contributed by atoms with Crippen LogP contribution in [0.5, 0.6) is 0 Å². The molecule has 0 atom stereocenters. The van der Waals surface area contributed by atoms with Crippen LogP contribution < -0.4 is 5.32 Å². The summed E-state index contributed by atoms with van der Waals surface area (Å²) in [4.78, 5) is 4.56. The maximum absolute atomic E-state index is 12.5. The van der Waals surface area contributed by atoms with E-state index in [0.717, 1.165) is 22.4 Å². The molecule has 2 heterocycles. The van der Waals surface area contributed by atoms with Gasteiger partial charge in [0.25, 0.3) is 0 Å². The fourth-order valence-electron chi connectivity index (χ4n) is 3.36. The molecule has 0 radical (unpaired) electrons. The van der Waals surface area contributed by atoms with E-state index in [1.54, 1.807) is 36.7 Å². The second kappa shape index (κ2) is 11.0. The Morgan fingerprint density at radius 2 is 1.62 bits per heavy atom. The summed E-state index contributed by atoms with van der Waals surface area (Å²) in [6, 6.07) is 22.6. The van der Waals surface area contributed by atoms with Gasteiger partial charge >= 0.3 is 0 Å². The van der Waals surface area contributed by atoms with Gasteiger partial charge in [0.05, 0.1) is 22.9 Å². The van der Waals surface area contributed by atoms with Crippen LogP contribution in [0.25, 0.3) is 11.3 Å². The molecule has 0 aliphatic carbocycles. The van der Waals surface area contributed by atoms with Crippen LogP contribution in [0, 0.1) is 0 Å². The smallest absolute Gasteiger partial charge is 0.179 e. The molecule has 32 heavy (non-hydrogen) atoms. The van der Waals surface area contributed by atoms with Crippen molar-refractivity contribution >= 4 is 22.2 Å². The molecule has 4 aromatic rings. The summed E-state index contributed by atoms with van der Waals surface area (Å²) in [7, 11) is -3.31. The Kier molecular flexibility index (Phi) is 8.16. The normalized spacial score (nSPS) is 11.1. The van der Waals surface area contributed by atoms with Gasteiger partial charge in [-0.15, -0.1) is 12.4 Å². The quantitative estimate of drug-likeness (QED) is 0.376. The number of hydrogen-bond acceptors (Lipinski definition) is 5. The molecule has 4 rings (SSSR count). The zero-order valence-corrected chi connectivity index (χ0v) is 19.1. The van der Waals surface area contributed by atoms with Crippen LogP contribution in [0.2, 0.25) is 0 Å². The number of rotatable bonds is 9. The lowest BCUT2D eigenvalue weighted by atomic mass is 10.1. The van der Waals surface area contributed by atoms with Gasteiger partial charge in [0.1, 0.15) is 0 Å². The monoisotopic (exact) mass is 468 g/mol. The van der Waals surface area contributed by atoms with Gasteiger partial charge in [-0.2, -0.15) is 5.10 Å². The van der Waals surface area contributed by atoms with E-state index in [1.165, 1.54) is 0 Å². The molecule has 0 saturated carbocycles. The van der Waals surface area contributed by atoms with Crippen molar-refractivity contribution in [3.8, 4) is 11.3 Å². The SMILES string of the molecule is Cl.O=S(=O)(CCNCc1cn(Cc2ccccc2)nc1-c1cccnc1)c1ccccc1. The summed E-state index contributed by atoms with van der Waals surface area (Å²) in [5.41, 5.74) is 3.95. The Morgan fingerprint density at radius 1 is 0.906 bits per heavy atom. The number of sulfone groups is 1. The predicted molar refractivity (Wildman–Crippen MR) is 128 cm³/mol. The molecule has 8 heteroatoms. The van der Waals surface area contributed by atoms with Crippen molar-refractivity contribution in [3.63, 3.8) is 0 Å². The zero-order valence-electron chi connectivity index (χ0n) is 17.5. The third-order valence-electron chi connectivity index (χ3n) is 4.93. The molecule has 0 unspecified atom stereocenters. The molecule has 0 fully saturated rings. The first-order valence-electron chi connectivity index (χ1n) is 10.1. The van der Waals surface area contributed by atoms with E-state index in [2.05, 4.69) is 22.4 Å². The Bertz CT molecular complexity index is 1210. The van der Waals surface area contributed by atoms with Crippen molar-refractivity contribution in [1.82, 2.24) is 20.1 Å². The summed E-state index contributed by atoms with van der Waals surface area (Å²) in [6.07, 6.45) is 5.53. The molecule has 2 aromatic carbocycles.